The molecule has 0 saturated carbocycles. The molecule has 0 rings (SSSR count). The Morgan fingerprint density at radius 3 is 1.87 bits per heavy atom. The summed E-state index contributed by atoms with van der Waals surface area (Å²) in [6, 6.07) is 0. The second kappa shape index (κ2) is 7.39. The Hall–Kier alpha value is -0.810. The molecule has 0 fully saturated rings. The van der Waals surface area contributed by atoms with Gasteiger partial charge in [-0.15, -0.1) is 11.8 Å². The maximum atomic E-state index is 13.1. The third-order valence-electron chi connectivity index (χ3n) is 2.75. The van der Waals surface area contributed by atoms with Gasteiger partial charge in [-0.3, -0.25) is 4.79 Å². The van der Waals surface area contributed by atoms with Crippen molar-refractivity contribution in [2.24, 2.45) is 0 Å². The predicted octanol–water partition coefficient (Wildman–Crippen LogP) is 4.53. The second-order valence-corrected chi connectivity index (χ2v) is 5.94. The van der Waals surface area contributed by atoms with E-state index in [1.54, 1.807) is 0 Å². The van der Waals surface area contributed by atoms with E-state index in [1.807, 2.05) is 0 Å². The van der Waals surface area contributed by atoms with E-state index >= 15 is 0 Å². The van der Waals surface area contributed by atoms with E-state index in [0.29, 0.717) is 11.8 Å². The number of esters is 1. The van der Waals surface area contributed by atoms with Crippen molar-refractivity contribution in [3.8, 4) is 0 Å². The van der Waals surface area contributed by atoms with E-state index in [0.717, 1.165) is 7.11 Å². The maximum Gasteiger partial charge on any atom is 0.460 e. The summed E-state index contributed by atoms with van der Waals surface area (Å²) in [4.78, 5) is 11.0. The number of thioether (sulfide) groups is 1. The molecule has 0 aliphatic rings. The third kappa shape index (κ3) is 4.83. The maximum absolute atomic E-state index is 13.1. The van der Waals surface area contributed by atoms with E-state index in [1.165, 1.54) is 6.92 Å². The topological polar surface area (TPSA) is 26.3 Å². The summed E-state index contributed by atoms with van der Waals surface area (Å²) < 4.78 is 117. The van der Waals surface area contributed by atoms with Crippen LogP contribution in [0.15, 0.2) is 0 Å². The zero-order valence-corrected chi connectivity index (χ0v) is 12.6. The number of hydrogen-bond donors (Lipinski definition) is 0. The lowest BCUT2D eigenvalue weighted by atomic mass is 10.00. The lowest BCUT2D eigenvalue weighted by Gasteiger charge is -2.33. The van der Waals surface area contributed by atoms with Crippen molar-refractivity contribution in [1.82, 2.24) is 0 Å². The van der Waals surface area contributed by atoms with Crippen molar-refractivity contribution in [3.63, 3.8) is 0 Å². The van der Waals surface area contributed by atoms with Gasteiger partial charge in [-0.2, -0.15) is 39.5 Å². The van der Waals surface area contributed by atoms with Crippen LogP contribution in [0.5, 0.6) is 0 Å². The summed E-state index contributed by atoms with van der Waals surface area (Å²) in [5.41, 5.74) is 0. The van der Waals surface area contributed by atoms with Crippen LogP contribution in [-0.2, 0) is 9.53 Å². The van der Waals surface area contributed by atoms with Gasteiger partial charge in [0.25, 0.3) is 0 Å². The summed E-state index contributed by atoms with van der Waals surface area (Å²) in [5, 5.41) is -0.828. The van der Waals surface area contributed by atoms with Gasteiger partial charge in [0, 0.05) is 6.42 Å². The van der Waals surface area contributed by atoms with E-state index in [-0.39, 0.29) is 5.75 Å². The molecular formula is C11H13F9O2S. The van der Waals surface area contributed by atoms with Crippen molar-refractivity contribution in [2.45, 2.75) is 49.0 Å². The molecule has 0 aliphatic carbocycles. The summed E-state index contributed by atoms with van der Waals surface area (Å²) in [5.74, 6) is -20.1. The van der Waals surface area contributed by atoms with E-state index in [9.17, 15) is 44.3 Å². The Balaban J connectivity index is 4.78. The Bertz CT molecular complexity index is 409. The van der Waals surface area contributed by atoms with Crippen molar-refractivity contribution in [2.75, 3.05) is 12.9 Å². The molecule has 0 aromatic heterocycles. The van der Waals surface area contributed by atoms with Crippen molar-refractivity contribution in [1.29, 1.82) is 0 Å². The van der Waals surface area contributed by atoms with Gasteiger partial charge in [0.05, 0.1) is 12.4 Å². The largest absolute Gasteiger partial charge is 0.468 e. The van der Waals surface area contributed by atoms with E-state index in [2.05, 4.69) is 4.74 Å². The number of carbonyl (C=O) groups excluding carboxylic acids is 1. The fourth-order valence-corrected chi connectivity index (χ4v) is 2.25. The first-order chi connectivity index (χ1) is 10.1. The van der Waals surface area contributed by atoms with Crippen LogP contribution in [0.25, 0.3) is 0 Å². The molecule has 1 atom stereocenters. The van der Waals surface area contributed by atoms with Gasteiger partial charge >= 0.3 is 29.9 Å². The van der Waals surface area contributed by atoms with Crippen molar-refractivity contribution < 1.29 is 49.0 Å². The number of ether oxygens (including phenoxy) is 1. The molecule has 1 unspecified atom stereocenters. The summed E-state index contributed by atoms with van der Waals surface area (Å²) in [7, 11) is 1.05. The van der Waals surface area contributed by atoms with Crippen LogP contribution >= 0.6 is 11.8 Å². The van der Waals surface area contributed by atoms with Gasteiger partial charge in [0.2, 0.25) is 0 Å². The molecule has 12 heteroatoms. The third-order valence-corrected chi connectivity index (χ3v) is 3.96. The lowest BCUT2D eigenvalue weighted by molar-refractivity contribution is -0.396. The van der Waals surface area contributed by atoms with Gasteiger partial charge in [-0.05, 0) is 19.1 Å². The van der Waals surface area contributed by atoms with Gasteiger partial charge in [0.1, 0.15) is 0 Å². The van der Waals surface area contributed by atoms with E-state index in [4.69, 9.17) is 0 Å². The number of rotatable bonds is 8. The number of methoxy groups -OCH3 is 1. The minimum Gasteiger partial charge on any atom is -0.468 e. The molecule has 0 N–H and O–H groups in total. The number of halogens is 9. The fraction of sp³-hybridized carbons (Fsp3) is 0.909. The fourth-order valence-electron chi connectivity index (χ4n) is 1.35. The Kier molecular flexibility index (Phi) is 7.13. The normalized spacial score (nSPS) is 15.4. The van der Waals surface area contributed by atoms with Gasteiger partial charge in [0.15, 0.2) is 0 Å². The highest BCUT2D eigenvalue weighted by atomic mass is 32.2. The smallest absolute Gasteiger partial charge is 0.460 e. The van der Waals surface area contributed by atoms with Crippen LogP contribution in [0, 0.1) is 0 Å². The average molecular weight is 380 g/mol. The van der Waals surface area contributed by atoms with E-state index < -0.39 is 48.0 Å². The molecule has 0 aromatic rings. The van der Waals surface area contributed by atoms with Crippen molar-refractivity contribution in [3.05, 3.63) is 0 Å². The minimum atomic E-state index is -6.87. The SMILES string of the molecule is COC(=O)C(C)SCCCC(F)(F)C(F)(F)C(F)(F)C(F)(F)F. The quantitative estimate of drug-likeness (QED) is 0.352. The monoisotopic (exact) mass is 380 g/mol. The molecule has 138 valence electrons. The van der Waals surface area contributed by atoms with Crippen LogP contribution in [0.3, 0.4) is 0 Å². The molecule has 0 aromatic carbocycles. The zero-order chi connectivity index (χ0) is 18.7. The minimum absolute atomic E-state index is 0.334. The van der Waals surface area contributed by atoms with Gasteiger partial charge in [-0.25, -0.2) is 0 Å². The summed E-state index contributed by atoms with van der Waals surface area (Å²) in [6.45, 7) is 1.32. The summed E-state index contributed by atoms with van der Waals surface area (Å²) >= 11 is 0.711. The van der Waals surface area contributed by atoms with Crippen LogP contribution in [0.4, 0.5) is 39.5 Å². The molecule has 0 spiro atoms. The first-order valence-electron chi connectivity index (χ1n) is 6.01. The van der Waals surface area contributed by atoms with Crippen LogP contribution in [-0.4, -0.2) is 48.0 Å². The molecule has 0 radical (unpaired) electrons. The first kappa shape index (κ1) is 22.2. The summed E-state index contributed by atoms with van der Waals surface area (Å²) in [6.07, 6.45) is -9.51. The van der Waals surface area contributed by atoms with Crippen LogP contribution in [0.2, 0.25) is 0 Å². The van der Waals surface area contributed by atoms with Crippen LogP contribution < -0.4 is 0 Å². The molecule has 0 heterocycles. The Labute approximate surface area is 129 Å². The van der Waals surface area contributed by atoms with Crippen molar-refractivity contribution >= 4 is 17.7 Å². The number of hydrogen-bond acceptors (Lipinski definition) is 3. The highest BCUT2D eigenvalue weighted by molar-refractivity contribution is 8.00. The first-order valence-corrected chi connectivity index (χ1v) is 7.06. The molecule has 0 aliphatic heterocycles. The van der Waals surface area contributed by atoms with Gasteiger partial charge in [-0.1, -0.05) is 0 Å². The molecular weight excluding hydrogens is 367 g/mol. The Morgan fingerprint density at radius 2 is 1.48 bits per heavy atom. The average Bonchev–Trinajstić information content (AvgIpc) is 2.40. The van der Waals surface area contributed by atoms with Crippen LogP contribution in [0.1, 0.15) is 19.8 Å². The molecule has 0 saturated heterocycles. The number of carbonyl (C=O) groups is 1. The predicted molar refractivity (Wildman–Crippen MR) is 64.1 cm³/mol. The second-order valence-electron chi connectivity index (χ2n) is 4.49. The Morgan fingerprint density at radius 1 is 1.00 bits per heavy atom. The molecule has 2 nitrogen and oxygen atoms in total. The molecule has 0 bridgehead atoms. The highest BCUT2D eigenvalue weighted by Gasteiger charge is 2.81. The lowest BCUT2D eigenvalue weighted by Crippen LogP contribution is -2.60. The highest BCUT2D eigenvalue weighted by Crippen LogP contribution is 2.54. The molecule has 0 amide bonds. The zero-order valence-electron chi connectivity index (χ0n) is 11.8. The van der Waals surface area contributed by atoms with Gasteiger partial charge < -0.3 is 4.74 Å². The number of alkyl halides is 9. The standard InChI is InChI=1S/C11H13F9O2S/c1-6(7(21)22-2)23-5-3-4-8(12,13)9(14,15)10(16,17)11(18,19)20/h6H,3-5H2,1-2H3. The molecule has 23 heavy (non-hydrogen) atoms.